The molecular formula is C13H24N2O3S. The number of carbonyl (C=O) groups excluding carboxylic acids is 2. The lowest BCUT2D eigenvalue weighted by molar-refractivity contribution is -0.118. The molecule has 0 rings (SSSR count). The van der Waals surface area contributed by atoms with Crippen LogP contribution in [0.15, 0.2) is 11.5 Å². The molecule has 0 fully saturated rings. The van der Waals surface area contributed by atoms with Crippen molar-refractivity contribution >= 4 is 23.8 Å². The molecule has 0 unspecified atom stereocenters. The summed E-state index contributed by atoms with van der Waals surface area (Å²) in [5.74, 6) is -0.459. The van der Waals surface area contributed by atoms with Crippen molar-refractivity contribution in [3.8, 4) is 0 Å². The highest BCUT2D eigenvalue weighted by Crippen LogP contribution is 2.02. The second-order valence-electron chi connectivity index (χ2n) is 4.18. The first-order chi connectivity index (χ1) is 9.10. The molecule has 0 bridgehead atoms. The van der Waals surface area contributed by atoms with Gasteiger partial charge in [0.05, 0.1) is 19.1 Å². The molecule has 0 aromatic heterocycles. The number of hydrogen-bond donors (Lipinski definition) is 2. The number of unbranched alkanes of at least 4 members (excludes halogenated alkanes) is 3. The van der Waals surface area contributed by atoms with E-state index in [1.54, 1.807) is 11.5 Å². The SMILES string of the molecule is CCCCCCOC(=O)N[C@@H](/C=C/SC)CC(N)=O. The van der Waals surface area contributed by atoms with Crippen LogP contribution < -0.4 is 11.1 Å². The number of primary amides is 1. The minimum atomic E-state index is -0.506. The first kappa shape index (κ1) is 17.8. The van der Waals surface area contributed by atoms with Gasteiger partial charge in [-0.15, -0.1) is 11.8 Å². The van der Waals surface area contributed by atoms with Gasteiger partial charge in [0.2, 0.25) is 5.91 Å². The van der Waals surface area contributed by atoms with Crippen LogP contribution in [0, 0.1) is 0 Å². The van der Waals surface area contributed by atoms with Gasteiger partial charge in [-0.1, -0.05) is 32.3 Å². The predicted molar refractivity (Wildman–Crippen MR) is 78.9 cm³/mol. The van der Waals surface area contributed by atoms with Crippen LogP contribution in [-0.2, 0) is 9.53 Å². The Morgan fingerprint density at radius 1 is 1.37 bits per heavy atom. The van der Waals surface area contributed by atoms with E-state index in [1.807, 2.05) is 6.26 Å². The monoisotopic (exact) mass is 288 g/mol. The Hall–Kier alpha value is -1.17. The summed E-state index contributed by atoms with van der Waals surface area (Å²) in [4.78, 5) is 22.4. The van der Waals surface area contributed by atoms with Gasteiger partial charge in [0, 0.05) is 0 Å². The minimum absolute atomic E-state index is 0.0714. The summed E-state index contributed by atoms with van der Waals surface area (Å²) in [6.07, 6.45) is 7.40. The Morgan fingerprint density at radius 3 is 2.68 bits per heavy atom. The summed E-state index contributed by atoms with van der Waals surface area (Å²) in [7, 11) is 0. The number of rotatable bonds is 10. The molecular weight excluding hydrogens is 264 g/mol. The van der Waals surface area contributed by atoms with Gasteiger partial charge >= 0.3 is 6.09 Å². The highest BCUT2D eigenvalue weighted by atomic mass is 32.2. The van der Waals surface area contributed by atoms with E-state index in [0.717, 1.165) is 25.7 Å². The average molecular weight is 288 g/mol. The van der Waals surface area contributed by atoms with Gasteiger partial charge in [-0.2, -0.15) is 0 Å². The van der Waals surface area contributed by atoms with Crippen molar-refractivity contribution in [1.29, 1.82) is 0 Å². The first-order valence-corrected chi connectivity index (χ1v) is 7.80. The van der Waals surface area contributed by atoms with Crippen LogP contribution >= 0.6 is 11.8 Å². The van der Waals surface area contributed by atoms with E-state index in [-0.39, 0.29) is 6.42 Å². The number of hydrogen-bond acceptors (Lipinski definition) is 4. The number of ether oxygens (including phenoxy) is 1. The molecule has 1 atom stereocenters. The summed E-state index contributed by atoms with van der Waals surface area (Å²) in [5, 5.41) is 4.41. The Bertz CT molecular complexity index is 296. The van der Waals surface area contributed by atoms with E-state index in [0.29, 0.717) is 6.61 Å². The molecule has 2 amide bonds. The van der Waals surface area contributed by atoms with E-state index in [2.05, 4.69) is 12.2 Å². The van der Waals surface area contributed by atoms with Crippen LogP contribution in [0.3, 0.4) is 0 Å². The molecule has 0 saturated carbocycles. The maximum absolute atomic E-state index is 11.5. The summed E-state index contributed by atoms with van der Waals surface area (Å²) in [6.45, 7) is 2.53. The van der Waals surface area contributed by atoms with Gasteiger partial charge in [0.25, 0.3) is 0 Å². The van der Waals surface area contributed by atoms with E-state index >= 15 is 0 Å². The Labute approximate surface area is 119 Å². The molecule has 3 N–H and O–H groups in total. The Morgan fingerprint density at radius 2 is 2.11 bits per heavy atom. The molecule has 0 saturated heterocycles. The predicted octanol–water partition coefficient (Wildman–Crippen LogP) is 2.41. The lowest BCUT2D eigenvalue weighted by Crippen LogP contribution is -2.37. The number of alkyl carbamates (subject to hydrolysis) is 1. The fraction of sp³-hybridized carbons (Fsp3) is 0.692. The molecule has 0 aliphatic rings. The number of amides is 2. The van der Waals surface area contributed by atoms with Gasteiger partial charge in [0.1, 0.15) is 0 Å². The highest BCUT2D eigenvalue weighted by molar-refractivity contribution is 8.01. The Kier molecular flexibility index (Phi) is 11.2. The van der Waals surface area contributed by atoms with Gasteiger partial charge in [-0.3, -0.25) is 4.79 Å². The molecule has 0 aliphatic carbocycles. The van der Waals surface area contributed by atoms with Crippen molar-refractivity contribution < 1.29 is 14.3 Å². The average Bonchev–Trinajstić information content (AvgIpc) is 2.35. The molecule has 0 heterocycles. The van der Waals surface area contributed by atoms with Crippen molar-refractivity contribution in [2.75, 3.05) is 12.9 Å². The van der Waals surface area contributed by atoms with Gasteiger partial charge < -0.3 is 15.8 Å². The second-order valence-corrected chi connectivity index (χ2v) is 4.93. The third-order valence-corrected chi connectivity index (χ3v) is 2.83. The number of nitrogens with two attached hydrogens (primary N) is 1. The van der Waals surface area contributed by atoms with Crippen molar-refractivity contribution in [3.63, 3.8) is 0 Å². The van der Waals surface area contributed by atoms with Crippen molar-refractivity contribution in [1.82, 2.24) is 5.32 Å². The molecule has 110 valence electrons. The van der Waals surface area contributed by atoms with Crippen molar-refractivity contribution in [3.05, 3.63) is 11.5 Å². The Balaban J connectivity index is 3.94. The standard InChI is InChI=1S/C13H24N2O3S/c1-3-4-5-6-8-18-13(17)15-11(7-9-19-2)10-12(14)16/h7,9,11H,3-6,8,10H2,1-2H3,(H2,14,16)(H,15,17)/b9-7+/t11-/m0/s1. The zero-order valence-corrected chi connectivity index (χ0v) is 12.5. The lowest BCUT2D eigenvalue weighted by atomic mass is 10.2. The molecule has 0 radical (unpaired) electrons. The molecule has 0 aromatic carbocycles. The van der Waals surface area contributed by atoms with Crippen LogP contribution in [0.1, 0.15) is 39.0 Å². The van der Waals surface area contributed by atoms with Crippen LogP contribution in [0.4, 0.5) is 4.79 Å². The summed E-state index contributed by atoms with van der Waals surface area (Å²) < 4.78 is 5.04. The second kappa shape index (κ2) is 11.9. The van der Waals surface area contributed by atoms with E-state index in [9.17, 15) is 9.59 Å². The zero-order chi connectivity index (χ0) is 14.5. The van der Waals surface area contributed by atoms with E-state index in [1.165, 1.54) is 11.8 Å². The highest BCUT2D eigenvalue weighted by Gasteiger charge is 2.12. The van der Waals surface area contributed by atoms with Crippen LogP contribution in [0.2, 0.25) is 0 Å². The molecule has 0 aromatic rings. The smallest absolute Gasteiger partial charge is 0.407 e. The van der Waals surface area contributed by atoms with Gasteiger partial charge in [-0.25, -0.2) is 4.79 Å². The van der Waals surface area contributed by atoms with Crippen molar-refractivity contribution in [2.45, 2.75) is 45.1 Å². The van der Waals surface area contributed by atoms with Crippen LogP contribution in [0.25, 0.3) is 0 Å². The fourth-order valence-electron chi connectivity index (χ4n) is 1.44. The summed E-state index contributed by atoms with van der Waals surface area (Å²) in [6, 6.07) is -0.409. The number of thioether (sulfide) groups is 1. The zero-order valence-electron chi connectivity index (χ0n) is 11.7. The van der Waals surface area contributed by atoms with E-state index in [4.69, 9.17) is 10.5 Å². The van der Waals surface area contributed by atoms with Gasteiger partial charge in [-0.05, 0) is 18.1 Å². The van der Waals surface area contributed by atoms with Crippen LogP contribution in [0.5, 0.6) is 0 Å². The summed E-state index contributed by atoms with van der Waals surface area (Å²) >= 11 is 1.49. The lowest BCUT2D eigenvalue weighted by Gasteiger charge is -2.13. The molecule has 5 nitrogen and oxygen atoms in total. The molecule has 19 heavy (non-hydrogen) atoms. The van der Waals surface area contributed by atoms with Crippen molar-refractivity contribution in [2.24, 2.45) is 5.73 Å². The molecule has 0 spiro atoms. The quantitative estimate of drug-likeness (QED) is 0.605. The fourth-order valence-corrected chi connectivity index (χ4v) is 1.79. The third-order valence-electron chi connectivity index (χ3n) is 2.40. The van der Waals surface area contributed by atoms with E-state index < -0.39 is 18.0 Å². The first-order valence-electron chi connectivity index (χ1n) is 6.51. The minimum Gasteiger partial charge on any atom is -0.450 e. The van der Waals surface area contributed by atoms with Crippen LogP contribution in [-0.4, -0.2) is 30.9 Å². The summed E-state index contributed by atoms with van der Waals surface area (Å²) in [5.41, 5.74) is 5.12. The maximum atomic E-state index is 11.5. The number of nitrogens with one attached hydrogen (secondary N) is 1. The third kappa shape index (κ3) is 11.6. The largest absolute Gasteiger partial charge is 0.450 e. The maximum Gasteiger partial charge on any atom is 0.407 e. The molecule has 6 heteroatoms. The number of carbonyl (C=O) groups is 2. The van der Waals surface area contributed by atoms with Gasteiger partial charge in [0.15, 0.2) is 0 Å². The molecule has 0 aliphatic heterocycles. The normalized spacial score (nSPS) is 12.3. The topological polar surface area (TPSA) is 81.4 Å².